The molecule has 0 bridgehead atoms. The van der Waals surface area contributed by atoms with Crippen LogP contribution >= 0.6 is 11.8 Å². The summed E-state index contributed by atoms with van der Waals surface area (Å²) in [5.74, 6) is 0.0461. The Morgan fingerprint density at radius 3 is 2.60 bits per heavy atom. The number of thioether (sulfide) groups is 1. The van der Waals surface area contributed by atoms with Crippen LogP contribution in [0.5, 0.6) is 0 Å². The van der Waals surface area contributed by atoms with E-state index in [1.807, 2.05) is 13.8 Å². The fraction of sp³-hybridized carbons (Fsp3) is 0.714. The first-order chi connectivity index (χ1) is 9.47. The number of nitrogens with zero attached hydrogens (tertiary/aromatic N) is 2. The molecule has 2 aliphatic rings. The van der Waals surface area contributed by atoms with Crippen molar-refractivity contribution in [2.24, 2.45) is 5.92 Å². The third-order valence-corrected chi connectivity index (χ3v) is 5.22. The molecule has 2 fully saturated rings. The summed E-state index contributed by atoms with van der Waals surface area (Å²) in [6.07, 6.45) is 3.87. The molecule has 0 aromatic carbocycles. The van der Waals surface area contributed by atoms with E-state index in [1.165, 1.54) is 0 Å². The van der Waals surface area contributed by atoms with Gasteiger partial charge in [0.2, 0.25) is 0 Å². The highest BCUT2D eigenvalue weighted by molar-refractivity contribution is 8.00. The summed E-state index contributed by atoms with van der Waals surface area (Å²) in [6.45, 7) is 8.00. The molecular weight excluding hydrogens is 276 g/mol. The molecule has 1 saturated heterocycles. The van der Waals surface area contributed by atoms with Gasteiger partial charge in [-0.2, -0.15) is 0 Å². The van der Waals surface area contributed by atoms with Crippen molar-refractivity contribution < 1.29 is 14.7 Å². The zero-order chi connectivity index (χ0) is 14.9. The maximum atomic E-state index is 12.8. The second kappa shape index (κ2) is 6.08. The second-order valence-electron chi connectivity index (χ2n) is 5.64. The average molecular weight is 298 g/mol. The molecule has 5 nitrogen and oxygen atoms in total. The predicted octanol–water partition coefficient (Wildman–Crippen LogP) is 2.24. The number of carbonyl (C=O) groups is 2. The molecule has 2 rings (SSSR count). The molecule has 1 heterocycles. The first-order valence-corrected chi connectivity index (χ1v) is 8.06. The summed E-state index contributed by atoms with van der Waals surface area (Å²) < 4.78 is 0. The molecule has 112 valence electrons. The number of urea groups is 1. The lowest BCUT2D eigenvalue weighted by Gasteiger charge is -2.35. The van der Waals surface area contributed by atoms with Gasteiger partial charge in [-0.15, -0.1) is 18.3 Å². The number of hydrogen-bond acceptors (Lipinski definition) is 3. The molecule has 1 N–H and O–H groups in total. The van der Waals surface area contributed by atoms with Gasteiger partial charge in [0.1, 0.15) is 6.04 Å². The van der Waals surface area contributed by atoms with E-state index in [1.54, 1.807) is 27.6 Å². The quantitative estimate of drug-likeness (QED) is 0.791. The number of hydrogen-bond donors (Lipinski definition) is 1. The van der Waals surface area contributed by atoms with E-state index in [2.05, 4.69) is 6.58 Å². The van der Waals surface area contributed by atoms with E-state index in [0.29, 0.717) is 18.2 Å². The van der Waals surface area contributed by atoms with Crippen molar-refractivity contribution in [1.29, 1.82) is 0 Å². The zero-order valence-electron chi connectivity index (χ0n) is 12.0. The molecule has 1 aliphatic carbocycles. The van der Waals surface area contributed by atoms with E-state index >= 15 is 0 Å². The first-order valence-electron chi connectivity index (χ1n) is 7.01. The van der Waals surface area contributed by atoms with Gasteiger partial charge >= 0.3 is 12.0 Å². The van der Waals surface area contributed by atoms with Crippen molar-refractivity contribution in [2.75, 3.05) is 12.3 Å². The highest BCUT2D eigenvalue weighted by Gasteiger charge is 2.49. The Morgan fingerprint density at radius 1 is 1.50 bits per heavy atom. The van der Waals surface area contributed by atoms with Crippen LogP contribution in [-0.2, 0) is 4.79 Å². The molecule has 1 aliphatic heterocycles. The Balaban J connectivity index is 2.21. The third-order valence-electron chi connectivity index (χ3n) is 3.76. The minimum absolute atomic E-state index is 0.0228. The zero-order valence-corrected chi connectivity index (χ0v) is 12.8. The van der Waals surface area contributed by atoms with Crippen LogP contribution in [0.4, 0.5) is 4.79 Å². The molecule has 2 amide bonds. The maximum absolute atomic E-state index is 12.8. The van der Waals surface area contributed by atoms with Gasteiger partial charge in [-0.1, -0.05) is 6.08 Å². The second-order valence-corrected chi connectivity index (χ2v) is 6.79. The van der Waals surface area contributed by atoms with Crippen LogP contribution in [0.15, 0.2) is 12.7 Å². The number of amides is 2. The van der Waals surface area contributed by atoms with E-state index in [4.69, 9.17) is 0 Å². The summed E-state index contributed by atoms with van der Waals surface area (Å²) in [5.41, 5.74) is 0. The summed E-state index contributed by atoms with van der Waals surface area (Å²) in [6, 6.07) is -0.848. The summed E-state index contributed by atoms with van der Waals surface area (Å²) in [5, 5.41) is 9.38. The van der Waals surface area contributed by atoms with Gasteiger partial charge in [0.05, 0.1) is 5.37 Å². The van der Waals surface area contributed by atoms with Gasteiger partial charge in [0.15, 0.2) is 0 Å². The van der Waals surface area contributed by atoms with Crippen LogP contribution in [0, 0.1) is 5.92 Å². The van der Waals surface area contributed by atoms with Crippen molar-refractivity contribution in [2.45, 2.75) is 44.1 Å². The molecule has 20 heavy (non-hydrogen) atoms. The van der Waals surface area contributed by atoms with Crippen LogP contribution in [0.1, 0.15) is 26.7 Å². The number of carboxylic acids is 1. The normalized spacial score (nSPS) is 25.9. The number of carboxylic acid groups (broad SMARTS) is 1. The van der Waals surface area contributed by atoms with Gasteiger partial charge in [-0.25, -0.2) is 9.59 Å². The predicted molar refractivity (Wildman–Crippen MR) is 79.7 cm³/mol. The first kappa shape index (κ1) is 15.2. The highest BCUT2D eigenvalue weighted by atomic mass is 32.2. The molecule has 0 radical (unpaired) electrons. The Morgan fingerprint density at radius 2 is 2.15 bits per heavy atom. The van der Waals surface area contributed by atoms with Crippen molar-refractivity contribution in [3.8, 4) is 0 Å². The molecule has 0 aromatic heterocycles. The third kappa shape index (κ3) is 2.95. The summed E-state index contributed by atoms with van der Waals surface area (Å²) in [4.78, 5) is 27.4. The average Bonchev–Trinajstić information content (AvgIpc) is 3.13. The van der Waals surface area contributed by atoms with Gasteiger partial charge in [-0.05, 0) is 32.6 Å². The largest absolute Gasteiger partial charge is 0.480 e. The number of rotatable bonds is 5. The van der Waals surface area contributed by atoms with Crippen molar-refractivity contribution in [3.63, 3.8) is 0 Å². The lowest BCUT2D eigenvalue weighted by molar-refractivity contribution is -0.141. The topological polar surface area (TPSA) is 60.9 Å². The fourth-order valence-corrected chi connectivity index (χ4v) is 4.13. The lowest BCUT2D eigenvalue weighted by atomic mass is 10.2. The van der Waals surface area contributed by atoms with Crippen LogP contribution in [0.2, 0.25) is 0 Å². The van der Waals surface area contributed by atoms with Gasteiger partial charge in [-0.3, -0.25) is 4.90 Å². The van der Waals surface area contributed by atoms with Crippen LogP contribution in [-0.4, -0.2) is 56.7 Å². The van der Waals surface area contributed by atoms with Crippen molar-refractivity contribution in [1.82, 2.24) is 9.80 Å². The monoisotopic (exact) mass is 298 g/mol. The van der Waals surface area contributed by atoms with Crippen LogP contribution in [0.3, 0.4) is 0 Å². The van der Waals surface area contributed by atoms with E-state index < -0.39 is 12.0 Å². The molecule has 0 spiro atoms. The van der Waals surface area contributed by atoms with E-state index in [9.17, 15) is 14.7 Å². The van der Waals surface area contributed by atoms with Gasteiger partial charge < -0.3 is 10.0 Å². The standard InChI is InChI=1S/C14H22N2O3S/c1-4-7-15(9(2)3)14(19)16-11(13(17)18)8-20-12(16)10-5-6-10/h4,9-12H,1,5-8H2,2-3H3,(H,17,18). The van der Waals surface area contributed by atoms with Crippen LogP contribution < -0.4 is 0 Å². The maximum Gasteiger partial charge on any atom is 0.327 e. The minimum Gasteiger partial charge on any atom is -0.480 e. The summed E-state index contributed by atoms with van der Waals surface area (Å²) in [7, 11) is 0. The number of aliphatic carboxylic acids is 1. The highest BCUT2D eigenvalue weighted by Crippen LogP contribution is 2.45. The van der Waals surface area contributed by atoms with Gasteiger partial charge in [0, 0.05) is 18.3 Å². The Bertz CT molecular complexity index is 409. The van der Waals surface area contributed by atoms with Crippen molar-refractivity contribution >= 4 is 23.8 Å². The molecule has 2 unspecified atom stereocenters. The molecule has 6 heteroatoms. The lowest BCUT2D eigenvalue weighted by Crippen LogP contribution is -2.53. The Kier molecular flexibility index (Phi) is 4.62. The van der Waals surface area contributed by atoms with Crippen LogP contribution in [0.25, 0.3) is 0 Å². The SMILES string of the molecule is C=CCN(C(=O)N1C(C(=O)O)CSC1C1CC1)C(C)C. The van der Waals surface area contributed by atoms with E-state index in [0.717, 1.165) is 12.8 Å². The molecule has 1 saturated carbocycles. The molecule has 2 atom stereocenters. The van der Waals surface area contributed by atoms with E-state index in [-0.39, 0.29) is 17.4 Å². The van der Waals surface area contributed by atoms with Crippen molar-refractivity contribution in [3.05, 3.63) is 12.7 Å². The smallest absolute Gasteiger partial charge is 0.327 e. The Hall–Kier alpha value is -1.17. The minimum atomic E-state index is -0.906. The van der Waals surface area contributed by atoms with Gasteiger partial charge in [0.25, 0.3) is 0 Å². The molecular formula is C14H22N2O3S. The fourth-order valence-electron chi connectivity index (χ4n) is 2.50. The Labute approximate surface area is 124 Å². The number of carbonyl (C=O) groups excluding carboxylic acids is 1. The summed E-state index contributed by atoms with van der Waals surface area (Å²) >= 11 is 1.60. The molecule has 0 aromatic rings.